The highest BCUT2D eigenvalue weighted by Gasteiger charge is 1.98. The van der Waals surface area contributed by atoms with E-state index in [1.54, 1.807) is 6.92 Å². The van der Waals surface area contributed by atoms with E-state index in [2.05, 4.69) is 6.58 Å². The summed E-state index contributed by atoms with van der Waals surface area (Å²) in [5, 5.41) is 8.76. The van der Waals surface area contributed by atoms with Crippen LogP contribution in [-0.2, 0) is 4.79 Å². The average Bonchev–Trinajstić information content (AvgIpc) is 1.87. The molecule has 0 heterocycles. The molecule has 0 bridgehead atoms. The number of rotatable bonds is 4. The summed E-state index contributed by atoms with van der Waals surface area (Å²) in [5.41, 5.74) is 0. The third-order valence-corrected chi connectivity index (χ3v) is 1.84. The van der Waals surface area contributed by atoms with Crippen LogP contribution in [0.1, 0.15) is 13.3 Å². The normalized spacial score (nSPS) is 12.6. The number of carbonyl (C=O) groups excluding carboxylic acids is 1. The van der Waals surface area contributed by atoms with E-state index in [9.17, 15) is 4.79 Å². The van der Waals surface area contributed by atoms with Crippen LogP contribution in [-0.4, -0.2) is 22.1 Å². The van der Waals surface area contributed by atoms with Crippen LogP contribution in [0, 0.1) is 0 Å². The predicted octanol–water partition coefficient (Wildman–Crippen LogP) is 1.20. The molecule has 0 saturated carbocycles. The number of aliphatic hydroxyl groups is 1. The van der Waals surface area contributed by atoms with Gasteiger partial charge in [-0.3, -0.25) is 4.79 Å². The van der Waals surface area contributed by atoms with Crippen LogP contribution in [0.15, 0.2) is 12.7 Å². The number of carbonyl (C=O) groups is 1. The summed E-state index contributed by atoms with van der Waals surface area (Å²) in [4.78, 5) is 10.6. The SMILES string of the molecule is C=CC(=O)SCCC(C)O. The Bertz CT molecular complexity index is 121. The molecule has 0 aliphatic carbocycles. The van der Waals surface area contributed by atoms with Gasteiger partial charge in [0.15, 0.2) is 0 Å². The molecule has 0 amide bonds. The minimum absolute atomic E-state index is 0.0272. The Balaban J connectivity index is 3.19. The van der Waals surface area contributed by atoms with Crippen molar-refractivity contribution in [2.75, 3.05) is 5.75 Å². The van der Waals surface area contributed by atoms with E-state index in [1.807, 2.05) is 0 Å². The molecule has 0 aromatic rings. The fourth-order valence-corrected chi connectivity index (χ4v) is 1.17. The van der Waals surface area contributed by atoms with E-state index in [0.29, 0.717) is 12.2 Å². The van der Waals surface area contributed by atoms with Crippen molar-refractivity contribution in [3.05, 3.63) is 12.7 Å². The standard InChI is InChI=1S/C7H12O2S/c1-3-7(9)10-5-4-6(2)8/h3,6,8H,1,4-5H2,2H3. The van der Waals surface area contributed by atoms with Crippen LogP contribution in [0.4, 0.5) is 0 Å². The molecule has 0 rings (SSSR count). The topological polar surface area (TPSA) is 37.3 Å². The molecule has 2 nitrogen and oxygen atoms in total. The number of thioether (sulfide) groups is 1. The first-order valence-corrected chi connectivity index (χ1v) is 4.12. The van der Waals surface area contributed by atoms with E-state index in [-0.39, 0.29) is 11.2 Å². The maximum atomic E-state index is 10.6. The second-order valence-electron chi connectivity index (χ2n) is 2.01. The molecule has 0 radical (unpaired) electrons. The second kappa shape index (κ2) is 5.50. The van der Waals surface area contributed by atoms with Crippen molar-refractivity contribution in [1.82, 2.24) is 0 Å². The Morgan fingerprint density at radius 2 is 2.50 bits per heavy atom. The highest BCUT2D eigenvalue weighted by molar-refractivity contribution is 8.14. The van der Waals surface area contributed by atoms with Crippen molar-refractivity contribution < 1.29 is 9.90 Å². The van der Waals surface area contributed by atoms with E-state index >= 15 is 0 Å². The lowest BCUT2D eigenvalue weighted by atomic mass is 10.3. The first kappa shape index (κ1) is 9.72. The highest BCUT2D eigenvalue weighted by Crippen LogP contribution is 2.05. The average molecular weight is 160 g/mol. The third-order valence-electron chi connectivity index (χ3n) is 0.947. The summed E-state index contributed by atoms with van der Waals surface area (Å²) in [6, 6.07) is 0. The van der Waals surface area contributed by atoms with Gasteiger partial charge in [-0.15, -0.1) is 0 Å². The summed E-state index contributed by atoms with van der Waals surface area (Å²) < 4.78 is 0. The minimum Gasteiger partial charge on any atom is -0.393 e. The quantitative estimate of drug-likeness (QED) is 0.628. The molecule has 0 spiro atoms. The monoisotopic (exact) mass is 160 g/mol. The molecule has 3 heteroatoms. The molecule has 1 unspecified atom stereocenters. The van der Waals surface area contributed by atoms with Gasteiger partial charge in [0.1, 0.15) is 0 Å². The van der Waals surface area contributed by atoms with Crippen molar-refractivity contribution in [3.63, 3.8) is 0 Å². The van der Waals surface area contributed by atoms with E-state index < -0.39 is 0 Å². The van der Waals surface area contributed by atoms with Gasteiger partial charge in [-0.25, -0.2) is 0 Å². The molecule has 0 aromatic carbocycles. The molecule has 1 atom stereocenters. The summed E-state index contributed by atoms with van der Waals surface area (Å²) in [6.07, 6.45) is 1.63. The van der Waals surface area contributed by atoms with Gasteiger partial charge in [-0.1, -0.05) is 18.3 Å². The minimum atomic E-state index is -0.315. The fraction of sp³-hybridized carbons (Fsp3) is 0.571. The number of hydrogen-bond donors (Lipinski definition) is 1. The molecule has 0 fully saturated rings. The highest BCUT2D eigenvalue weighted by atomic mass is 32.2. The van der Waals surface area contributed by atoms with Crippen LogP contribution in [0.25, 0.3) is 0 Å². The summed E-state index contributed by atoms with van der Waals surface area (Å²) in [6.45, 7) is 5.03. The van der Waals surface area contributed by atoms with Crippen LogP contribution < -0.4 is 0 Å². The number of aliphatic hydroxyl groups excluding tert-OH is 1. The molecule has 0 aromatic heterocycles. The Kier molecular flexibility index (Phi) is 5.35. The molecule has 0 aliphatic rings. The predicted molar refractivity (Wildman–Crippen MR) is 44.0 cm³/mol. The lowest BCUT2D eigenvalue weighted by Gasteiger charge is -1.99. The zero-order chi connectivity index (χ0) is 7.98. The van der Waals surface area contributed by atoms with E-state index in [1.165, 1.54) is 17.8 Å². The molecular formula is C7H12O2S. The van der Waals surface area contributed by atoms with E-state index in [4.69, 9.17) is 5.11 Å². The van der Waals surface area contributed by atoms with Crippen molar-refractivity contribution in [2.45, 2.75) is 19.4 Å². The lowest BCUT2D eigenvalue weighted by Crippen LogP contribution is -2.01. The lowest BCUT2D eigenvalue weighted by molar-refractivity contribution is -0.107. The van der Waals surface area contributed by atoms with Crippen molar-refractivity contribution >= 4 is 16.9 Å². The van der Waals surface area contributed by atoms with Gasteiger partial charge in [0.25, 0.3) is 0 Å². The first-order valence-electron chi connectivity index (χ1n) is 3.14. The second-order valence-corrected chi connectivity index (χ2v) is 3.11. The Labute approximate surface area is 65.3 Å². The molecule has 58 valence electrons. The first-order chi connectivity index (χ1) is 4.66. The zero-order valence-corrected chi connectivity index (χ0v) is 6.86. The van der Waals surface area contributed by atoms with Crippen LogP contribution in [0.3, 0.4) is 0 Å². The molecular weight excluding hydrogens is 148 g/mol. The van der Waals surface area contributed by atoms with Crippen molar-refractivity contribution in [1.29, 1.82) is 0 Å². The van der Waals surface area contributed by atoms with Gasteiger partial charge in [0.2, 0.25) is 5.12 Å². The Hall–Kier alpha value is -0.280. The van der Waals surface area contributed by atoms with Gasteiger partial charge < -0.3 is 5.11 Å². The van der Waals surface area contributed by atoms with Gasteiger partial charge in [0, 0.05) is 5.75 Å². The zero-order valence-electron chi connectivity index (χ0n) is 6.04. The van der Waals surface area contributed by atoms with Gasteiger partial charge in [0.05, 0.1) is 6.10 Å². The smallest absolute Gasteiger partial charge is 0.211 e. The van der Waals surface area contributed by atoms with Crippen LogP contribution >= 0.6 is 11.8 Å². The van der Waals surface area contributed by atoms with Crippen molar-refractivity contribution in [3.8, 4) is 0 Å². The van der Waals surface area contributed by atoms with Gasteiger partial charge >= 0.3 is 0 Å². The number of hydrogen-bond acceptors (Lipinski definition) is 3. The van der Waals surface area contributed by atoms with Gasteiger partial charge in [-0.05, 0) is 19.4 Å². The van der Waals surface area contributed by atoms with Gasteiger partial charge in [-0.2, -0.15) is 0 Å². The van der Waals surface area contributed by atoms with Crippen LogP contribution in [0.2, 0.25) is 0 Å². The maximum absolute atomic E-state index is 10.6. The third kappa shape index (κ3) is 5.85. The Morgan fingerprint density at radius 1 is 1.90 bits per heavy atom. The largest absolute Gasteiger partial charge is 0.393 e. The molecule has 0 aliphatic heterocycles. The Morgan fingerprint density at radius 3 is 2.90 bits per heavy atom. The molecule has 1 N–H and O–H groups in total. The molecule has 0 saturated heterocycles. The maximum Gasteiger partial charge on any atom is 0.211 e. The van der Waals surface area contributed by atoms with Crippen LogP contribution in [0.5, 0.6) is 0 Å². The van der Waals surface area contributed by atoms with Crippen molar-refractivity contribution in [2.24, 2.45) is 0 Å². The summed E-state index contributed by atoms with van der Waals surface area (Å²) in [7, 11) is 0. The van der Waals surface area contributed by atoms with E-state index in [0.717, 1.165) is 0 Å². The summed E-state index contributed by atoms with van der Waals surface area (Å²) >= 11 is 1.19. The molecule has 10 heavy (non-hydrogen) atoms. The fourth-order valence-electron chi connectivity index (χ4n) is 0.389. The summed E-state index contributed by atoms with van der Waals surface area (Å²) in [5.74, 6) is 0.669.